The number of hydrogen-bond donors (Lipinski definition) is 2. The third-order valence-electron chi connectivity index (χ3n) is 3.50. The lowest BCUT2D eigenvalue weighted by molar-refractivity contribution is 0.387. The Labute approximate surface area is 165 Å². The molecule has 0 saturated carbocycles. The Bertz CT molecular complexity index is 702. The number of aliphatic imine (C=N–C) groups is 1. The number of aryl methyl sites for hydroxylation is 2. The smallest absolute Gasteiger partial charge is 0.223 e. The van der Waals surface area contributed by atoms with Crippen molar-refractivity contribution in [2.24, 2.45) is 4.99 Å². The van der Waals surface area contributed by atoms with Crippen molar-refractivity contribution in [3.05, 3.63) is 41.0 Å². The van der Waals surface area contributed by atoms with Crippen LogP contribution in [0, 0.1) is 13.8 Å². The van der Waals surface area contributed by atoms with Crippen LogP contribution < -0.4 is 15.4 Å². The van der Waals surface area contributed by atoms with Gasteiger partial charge >= 0.3 is 0 Å². The van der Waals surface area contributed by atoms with Crippen molar-refractivity contribution in [1.82, 2.24) is 20.8 Å². The zero-order valence-electron chi connectivity index (χ0n) is 15.3. The molecule has 0 amide bonds. The maximum absolute atomic E-state index is 5.46. The van der Waals surface area contributed by atoms with Crippen LogP contribution in [0.25, 0.3) is 0 Å². The molecule has 0 fully saturated rings. The van der Waals surface area contributed by atoms with E-state index >= 15 is 0 Å². The van der Waals surface area contributed by atoms with Crippen LogP contribution in [0.5, 0.6) is 5.75 Å². The number of aromatic nitrogens is 2. The predicted molar refractivity (Wildman–Crippen MR) is 109 cm³/mol. The molecule has 1 heterocycles. The van der Waals surface area contributed by atoms with E-state index in [0.717, 1.165) is 17.9 Å². The van der Waals surface area contributed by atoms with Crippen molar-refractivity contribution >= 4 is 29.9 Å². The van der Waals surface area contributed by atoms with Gasteiger partial charge in [0.15, 0.2) is 11.8 Å². The molecule has 0 aliphatic carbocycles. The van der Waals surface area contributed by atoms with E-state index in [0.29, 0.717) is 24.2 Å². The number of guanidine groups is 1. The summed E-state index contributed by atoms with van der Waals surface area (Å²) in [7, 11) is 1.68. The van der Waals surface area contributed by atoms with Gasteiger partial charge in [0.1, 0.15) is 12.3 Å². The number of nitrogens with zero attached hydrogens (tertiary/aromatic N) is 3. The Morgan fingerprint density at radius 2 is 2.12 bits per heavy atom. The fraction of sp³-hybridized carbons (Fsp3) is 0.471. The number of ether oxygens (including phenoxy) is 1. The molecule has 0 radical (unpaired) electrons. The molecule has 0 bridgehead atoms. The van der Waals surface area contributed by atoms with Gasteiger partial charge in [-0.25, -0.2) is 4.99 Å². The molecule has 7 nitrogen and oxygen atoms in total. The summed E-state index contributed by atoms with van der Waals surface area (Å²) in [5.41, 5.74) is 2.27. The minimum Gasteiger partial charge on any atom is -0.496 e. The average molecular weight is 459 g/mol. The number of rotatable bonds is 6. The maximum atomic E-state index is 5.46. The summed E-state index contributed by atoms with van der Waals surface area (Å²) < 4.78 is 10.4. The molecule has 1 aromatic heterocycles. The minimum absolute atomic E-state index is 0. The van der Waals surface area contributed by atoms with Crippen molar-refractivity contribution in [2.75, 3.05) is 13.7 Å². The van der Waals surface area contributed by atoms with Gasteiger partial charge in [0, 0.05) is 19.0 Å². The summed E-state index contributed by atoms with van der Waals surface area (Å²) in [6, 6.07) is 6.16. The maximum Gasteiger partial charge on any atom is 0.223 e. The number of methoxy groups -OCH3 is 1. The van der Waals surface area contributed by atoms with Crippen LogP contribution in [0.4, 0.5) is 0 Å². The van der Waals surface area contributed by atoms with Crippen molar-refractivity contribution in [2.45, 2.75) is 40.3 Å². The van der Waals surface area contributed by atoms with Gasteiger partial charge in [-0.05, 0) is 26.8 Å². The van der Waals surface area contributed by atoms with E-state index in [1.165, 1.54) is 5.56 Å². The molecule has 25 heavy (non-hydrogen) atoms. The molecule has 1 atom stereocenters. The third-order valence-corrected chi connectivity index (χ3v) is 3.50. The van der Waals surface area contributed by atoms with Crippen LogP contribution >= 0.6 is 24.0 Å². The standard InChI is InChI=1S/C17H25N5O2.HI/c1-6-18-17(19-10-16-21-13(4)24-22-16)20-12(3)14-9-11(2)7-8-15(14)23-5;/h7-9,12H,6,10H2,1-5H3,(H2,18,19,20);1H. The van der Waals surface area contributed by atoms with Crippen LogP contribution in [-0.2, 0) is 6.54 Å². The highest BCUT2D eigenvalue weighted by atomic mass is 127. The molecule has 0 aliphatic heterocycles. The van der Waals surface area contributed by atoms with E-state index in [-0.39, 0.29) is 30.0 Å². The van der Waals surface area contributed by atoms with Crippen LogP contribution in [-0.4, -0.2) is 29.8 Å². The number of hydrogen-bond acceptors (Lipinski definition) is 5. The lowest BCUT2D eigenvalue weighted by Gasteiger charge is -2.20. The van der Waals surface area contributed by atoms with E-state index in [9.17, 15) is 0 Å². The largest absolute Gasteiger partial charge is 0.496 e. The lowest BCUT2D eigenvalue weighted by Crippen LogP contribution is -2.38. The Kier molecular flexibility index (Phi) is 8.67. The molecule has 138 valence electrons. The Hall–Kier alpha value is -1.84. The monoisotopic (exact) mass is 459 g/mol. The zero-order valence-corrected chi connectivity index (χ0v) is 17.6. The van der Waals surface area contributed by atoms with Crippen LogP contribution in [0.1, 0.15) is 42.7 Å². The van der Waals surface area contributed by atoms with E-state index in [4.69, 9.17) is 9.26 Å². The SMILES string of the molecule is CCNC(=NCc1noc(C)n1)NC(C)c1cc(C)ccc1OC.I. The van der Waals surface area contributed by atoms with Gasteiger partial charge in [-0.15, -0.1) is 24.0 Å². The van der Waals surface area contributed by atoms with Gasteiger partial charge in [-0.1, -0.05) is 22.9 Å². The summed E-state index contributed by atoms with van der Waals surface area (Å²) >= 11 is 0. The van der Waals surface area contributed by atoms with Crippen LogP contribution in [0.15, 0.2) is 27.7 Å². The predicted octanol–water partition coefficient (Wildman–Crippen LogP) is 3.13. The summed E-state index contributed by atoms with van der Waals surface area (Å²) in [5, 5.41) is 10.5. The number of halogens is 1. The van der Waals surface area contributed by atoms with Gasteiger partial charge in [0.2, 0.25) is 5.89 Å². The van der Waals surface area contributed by atoms with Gasteiger partial charge in [-0.2, -0.15) is 4.98 Å². The molecule has 2 rings (SSSR count). The molecule has 1 unspecified atom stereocenters. The normalized spacial score (nSPS) is 12.3. The molecular formula is C17H26IN5O2. The first kappa shape index (κ1) is 21.2. The van der Waals surface area contributed by atoms with E-state index in [1.807, 2.05) is 19.1 Å². The Balaban J connectivity index is 0.00000312. The second kappa shape index (κ2) is 10.2. The molecule has 0 spiro atoms. The quantitative estimate of drug-likeness (QED) is 0.393. The molecule has 0 aliphatic rings. The van der Waals surface area contributed by atoms with Crippen LogP contribution in [0.2, 0.25) is 0 Å². The van der Waals surface area contributed by atoms with Crippen LogP contribution in [0.3, 0.4) is 0 Å². The van der Waals surface area contributed by atoms with Crippen molar-refractivity contribution in [3.63, 3.8) is 0 Å². The highest BCUT2D eigenvalue weighted by Gasteiger charge is 2.13. The highest BCUT2D eigenvalue weighted by molar-refractivity contribution is 14.0. The fourth-order valence-corrected chi connectivity index (χ4v) is 2.35. The van der Waals surface area contributed by atoms with Crippen molar-refractivity contribution in [3.8, 4) is 5.75 Å². The van der Waals surface area contributed by atoms with Gasteiger partial charge in [-0.3, -0.25) is 0 Å². The molecule has 2 N–H and O–H groups in total. The van der Waals surface area contributed by atoms with Crippen molar-refractivity contribution in [1.29, 1.82) is 0 Å². The Morgan fingerprint density at radius 1 is 1.36 bits per heavy atom. The van der Waals surface area contributed by atoms with E-state index < -0.39 is 0 Å². The molecule has 8 heteroatoms. The third kappa shape index (κ3) is 6.18. The Morgan fingerprint density at radius 3 is 2.72 bits per heavy atom. The van der Waals surface area contributed by atoms with Gasteiger partial charge in [0.05, 0.1) is 13.2 Å². The molecule has 0 saturated heterocycles. The number of benzene rings is 1. The molecular weight excluding hydrogens is 433 g/mol. The minimum atomic E-state index is 0. The van der Waals surface area contributed by atoms with E-state index in [2.05, 4.69) is 45.7 Å². The second-order valence-corrected chi connectivity index (χ2v) is 5.54. The first-order valence-electron chi connectivity index (χ1n) is 8.02. The second-order valence-electron chi connectivity index (χ2n) is 5.54. The fourth-order valence-electron chi connectivity index (χ4n) is 2.35. The average Bonchev–Trinajstić information content (AvgIpc) is 2.98. The summed E-state index contributed by atoms with van der Waals surface area (Å²) in [5.74, 6) is 2.64. The van der Waals surface area contributed by atoms with Crippen molar-refractivity contribution < 1.29 is 9.26 Å². The summed E-state index contributed by atoms with van der Waals surface area (Å²) in [6.07, 6.45) is 0. The summed E-state index contributed by atoms with van der Waals surface area (Å²) in [4.78, 5) is 8.67. The lowest BCUT2D eigenvalue weighted by atomic mass is 10.0. The highest BCUT2D eigenvalue weighted by Crippen LogP contribution is 2.25. The number of nitrogens with one attached hydrogen (secondary N) is 2. The summed E-state index contributed by atoms with van der Waals surface area (Å²) in [6.45, 7) is 9.03. The molecule has 1 aromatic carbocycles. The molecule has 2 aromatic rings. The zero-order chi connectivity index (χ0) is 17.5. The first-order chi connectivity index (χ1) is 11.5. The van der Waals surface area contributed by atoms with Gasteiger partial charge < -0.3 is 19.9 Å². The topological polar surface area (TPSA) is 84.6 Å². The van der Waals surface area contributed by atoms with E-state index in [1.54, 1.807) is 14.0 Å². The first-order valence-corrected chi connectivity index (χ1v) is 8.02. The van der Waals surface area contributed by atoms with Gasteiger partial charge in [0.25, 0.3) is 0 Å².